The Kier molecular flexibility index (Phi) is 8.24. The number of pyridine rings is 1. The van der Waals surface area contributed by atoms with Crippen LogP contribution in [0.25, 0.3) is 11.3 Å². The zero-order chi connectivity index (χ0) is 26.5. The van der Waals surface area contributed by atoms with Crippen LogP contribution in [-0.4, -0.2) is 41.7 Å². The molecule has 0 fully saturated rings. The molecule has 0 spiro atoms. The van der Waals surface area contributed by atoms with E-state index in [1.165, 1.54) is 12.3 Å². The van der Waals surface area contributed by atoms with Crippen LogP contribution in [0, 0.1) is 5.92 Å². The lowest BCUT2D eigenvalue weighted by molar-refractivity contribution is 0.0694. The molecule has 0 aliphatic carbocycles. The van der Waals surface area contributed by atoms with Crippen molar-refractivity contribution in [3.8, 4) is 17.0 Å². The van der Waals surface area contributed by atoms with Gasteiger partial charge in [-0.2, -0.15) is 0 Å². The van der Waals surface area contributed by atoms with Gasteiger partial charge in [-0.3, -0.25) is 9.59 Å². The molecular weight excluding hydrogens is 470 g/mol. The molecule has 1 N–H and O–H groups in total. The number of hydrogen-bond donors (Lipinski definition) is 1. The Balaban J connectivity index is 1.78. The Hall–Kier alpha value is -3.71. The fourth-order valence-electron chi connectivity index (χ4n) is 4.87. The summed E-state index contributed by atoms with van der Waals surface area (Å²) >= 11 is 0. The van der Waals surface area contributed by atoms with Gasteiger partial charge in [0.15, 0.2) is 11.2 Å². The lowest BCUT2D eigenvalue weighted by Crippen LogP contribution is -2.28. The number of methoxy groups -OCH3 is 1. The van der Waals surface area contributed by atoms with Crippen molar-refractivity contribution in [2.75, 3.05) is 20.3 Å². The maximum atomic E-state index is 13.5. The lowest BCUT2D eigenvalue weighted by Gasteiger charge is -2.34. The number of carboxylic acid groups (broad SMARTS) is 1. The quantitative estimate of drug-likeness (QED) is 0.286. The summed E-state index contributed by atoms with van der Waals surface area (Å²) in [6, 6.07) is 14.9. The van der Waals surface area contributed by atoms with Gasteiger partial charge in [-0.1, -0.05) is 44.2 Å². The van der Waals surface area contributed by atoms with E-state index in [4.69, 9.17) is 9.47 Å². The number of rotatable bonds is 11. The van der Waals surface area contributed by atoms with E-state index in [-0.39, 0.29) is 23.3 Å². The maximum Gasteiger partial charge on any atom is 0.341 e. The molecular formula is C30H33NO6. The summed E-state index contributed by atoms with van der Waals surface area (Å²) < 4.78 is 13.1. The summed E-state index contributed by atoms with van der Waals surface area (Å²) in [5, 5.41) is 9.53. The monoisotopic (exact) mass is 503 g/mol. The summed E-state index contributed by atoms with van der Waals surface area (Å²) in [7, 11) is 1.64. The third kappa shape index (κ3) is 5.83. The third-order valence-corrected chi connectivity index (χ3v) is 6.88. The number of ketones is 1. The molecule has 1 aliphatic rings. The first-order valence-corrected chi connectivity index (χ1v) is 12.7. The molecule has 37 heavy (non-hydrogen) atoms. The molecule has 0 radical (unpaired) electrons. The van der Waals surface area contributed by atoms with Crippen molar-refractivity contribution >= 4 is 11.8 Å². The molecule has 1 aliphatic heterocycles. The first-order chi connectivity index (χ1) is 17.8. The Morgan fingerprint density at radius 1 is 1.08 bits per heavy atom. The fourth-order valence-corrected chi connectivity index (χ4v) is 4.87. The van der Waals surface area contributed by atoms with Crippen LogP contribution < -0.4 is 10.2 Å². The van der Waals surface area contributed by atoms with Crippen LogP contribution in [0.3, 0.4) is 0 Å². The molecule has 194 valence electrons. The number of nitrogens with zero attached hydrogens (tertiary/aromatic N) is 1. The minimum Gasteiger partial charge on any atom is -0.493 e. The number of aromatic nitrogens is 1. The number of fused-ring (bicyclic) bond motifs is 3. The Bertz CT molecular complexity index is 1340. The predicted octanol–water partition coefficient (Wildman–Crippen LogP) is 5.20. The molecule has 0 amide bonds. The number of aromatic carboxylic acids is 1. The van der Waals surface area contributed by atoms with Gasteiger partial charge in [0.2, 0.25) is 0 Å². The standard InChI is InChI=1S/C30H33NO6/c1-19(2)25-14-21-15-29(37-13-7-12-36-3)23(27(32)11-10-20-8-5-4-6-9-20)16-22(21)26-17-28(33)24(30(34)35)18-31(25)26/h4-6,8-9,15-19,25H,7,10-14H2,1-3H3,(H,34,35). The minimum atomic E-state index is -1.25. The highest BCUT2D eigenvalue weighted by atomic mass is 16.5. The van der Waals surface area contributed by atoms with E-state index in [2.05, 4.69) is 13.8 Å². The molecule has 2 aromatic carbocycles. The molecule has 7 heteroatoms. The molecule has 0 saturated carbocycles. The Morgan fingerprint density at radius 3 is 2.51 bits per heavy atom. The summed E-state index contributed by atoms with van der Waals surface area (Å²) in [5.41, 5.74) is 3.10. The topological polar surface area (TPSA) is 94.8 Å². The molecule has 3 aromatic rings. The molecule has 0 bridgehead atoms. The van der Waals surface area contributed by atoms with E-state index in [0.29, 0.717) is 55.9 Å². The van der Waals surface area contributed by atoms with E-state index in [0.717, 1.165) is 16.7 Å². The second-order valence-electron chi connectivity index (χ2n) is 9.77. The highest BCUT2D eigenvalue weighted by Gasteiger charge is 2.30. The van der Waals surface area contributed by atoms with Crippen molar-refractivity contribution in [1.29, 1.82) is 0 Å². The molecule has 2 heterocycles. The van der Waals surface area contributed by atoms with Gasteiger partial charge in [0.25, 0.3) is 0 Å². The SMILES string of the molecule is COCCCOc1cc2c(cc1C(=O)CCc1ccccc1)-c1cc(=O)c(C(=O)O)cn1C(C(C)C)C2. The van der Waals surface area contributed by atoms with Crippen molar-refractivity contribution in [3.63, 3.8) is 0 Å². The number of benzene rings is 2. The Labute approximate surface area is 216 Å². The van der Waals surface area contributed by atoms with Crippen LogP contribution in [0.4, 0.5) is 0 Å². The molecule has 4 rings (SSSR count). The van der Waals surface area contributed by atoms with Crippen LogP contribution in [0.2, 0.25) is 0 Å². The number of aryl methyl sites for hydroxylation is 1. The number of carboxylic acids is 1. The van der Waals surface area contributed by atoms with Crippen LogP contribution in [-0.2, 0) is 17.6 Å². The summed E-state index contributed by atoms with van der Waals surface area (Å²) in [4.78, 5) is 37.8. The van der Waals surface area contributed by atoms with Gasteiger partial charge in [0.1, 0.15) is 11.3 Å². The second kappa shape index (κ2) is 11.6. The fraction of sp³-hybridized carbons (Fsp3) is 0.367. The summed E-state index contributed by atoms with van der Waals surface area (Å²) in [5.74, 6) is -0.566. The normalized spacial score (nSPS) is 14.2. The molecule has 1 unspecified atom stereocenters. The average molecular weight is 504 g/mol. The number of carbonyl (C=O) groups is 2. The zero-order valence-corrected chi connectivity index (χ0v) is 21.5. The molecule has 7 nitrogen and oxygen atoms in total. The van der Waals surface area contributed by atoms with E-state index in [1.54, 1.807) is 7.11 Å². The van der Waals surface area contributed by atoms with Crippen LogP contribution in [0.1, 0.15) is 64.6 Å². The zero-order valence-electron chi connectivity index (χ0n) is 21.5. The highest BCUT2D eigenvalue weighted by Crippen LogP contribution is 2.40. The van der Waals surface area contributed by atoms with E-state index >= 15 is 0 Å². The lowest BCUT2D eigenvalue weighted by atomic mass is 9.85. The van der Waals surface area contributed by atoms with Crippen LogP contribution in [0.15, 0.2) is 59.5 Å². The Morgan fingerprint density at radius 2 is 1.84 bits per heavy atom. The van der Waals surface area contributed by atoms with Crippen LogP contribution >= 0.6 is 0 Å². The van der Waals surface area contributed by atoms with Gasteiger partial charge in [0, 0.05) is 50.4 Å². The largest absolute Gasteiger partial charge is 0.493 e. The molecule has 0 saturated heterocycles. The first-order valence-electron chi connectivity index (χ1n) is 12.7. The third-order valence-electron chi connectivity index (χ3n) is 6.88. The van der Waals surface area contributed by atoms with Gasteiger partial charge < -0.3 is 19.1 Å². The molecule has 1 atom stereocenters. The number of hydrogen-bond acceptors (Lipinski definition) is 5. The van der Waals surface area contributed by atoms with Crippen molar-refractivity contribution in [1.82, 2.24) is 4.57 Å². The van der Waals surface area contributed by atoms with Crippen molar-refractivity contribution in [2.24, 2.45) is 5.92 Å². The van der Waals surface area contributed by atoms with Crippen molar-refractivity contribution in [3.05, 3.63) is 87.2 Å². The second-order valence-corrected chi connectivity index (χ2v) is 9.77. The number of ether oxygens (including phenoxy) is 2. The number of carbonyl (C=O) groups excluding carboxylic acids is 1. The number of Topliss-reactive ketones (excluding diaryl/α,β-unsaturated/α-hetero) is 1. The van der Waals surface area contributed by atoms with E-state index in [9.17, 15) is 19.5 Å². The van der Waals surface area contributed by atoms with Crippen LogP contribution in [0.5, 0.6) is 5.75 Å². The van der Waals surface area contributed by atoms with Gasteiger partial charge in [0.05, 0.1) is 17.9 Å². The van der Waals surface area contributed by atoms with Crippen molar-refractivity contribution < 1.29 is 24.2 Å². The van der Waals surface area contributed by atoms with E-state index in [1.807, 2.05) is 47.0 Å². The summed E-state index contributed by atoms with van der Waals surface area (Å²) in [6.45, 7) is 5.11. The predicted molar refractivity (Wildman–Crippen MR) is 142 cm³/mol. The van der Waals surface area contributed by atoms with Gasteiger partial charge in [-0.25, -0.2) is 4.79 Å². The molecule has 1 aromatic heterocycles. The van der Waals surface area contributed by atoms with Gasteiger partial charge in [-0.15, -0.1) is 0 Å². The maximum absolute atomic E-state index is 13.5. The smallest absolute Gasteiger partial charge is 0.341 e. The van der Waals surface area contributed by atoms with E-state index < -0.39 is 11.4 Å². The minimum absolute atomic E-state index is 0.0397. The highest BCUT2D eigenvalue weighted by molar-refractivity contribution is 6.00. The van der Waals surface area contributed by atoms with Gasteiger partial charge >= 0.3 is 5.97 Å². The van der Waals surface area contributed by atoms with Gasteiger partial charge in [-0.05, 0) is 42.0 Å². The van der Waals surface area contributed by atoms with Crippen molar-refractivity contribution in [2.45, 2.75) is 45.6 Å². The average Bonchev–Trinajstić information content (AvgIpc) is 2.88. The first kappa shape index (κ1) is 26.4. The summed E-state index contributed by atoms with van der Waals surface area (Å²) in [6.07, 6.45) is 3.69.